The van der Waals surface area contributed by atoms with E-state index in [1.165, 1.54) is 24.3 Å². The van der Waals surface area contributed by atoms with E-state index in [0.717, 1.165) is 12.1 Å². The zero-order valence-corrected chi connectivity index (χ0v) is 19.1. The molecule has 1 unspecified atom stereocenters. The highest BCUT2D eigenvalue weighted by molar-refractivity contribution is 6.07. The molecule has 4 aromatic rings. The Bertz CT molecular complexity index is 1750. The number of anilines is 1. The van der Waals surface area contributed by atoms with Gasteiger partial charge in [-0.15, -0.1) is 0 Å². The number of rotatable bonds is 2. The van der Waals surface area contributed by atoms with Crippen molar-refractivity contribution in [3.63, 3.8) is 0 Å². The number of amides is 1. The van der Waals surface area contributed by atoms with Gasteiger partial charge in [-0.05, 0) is 30.3 Å². The number of esters is 1. The number of phenols is 2. The van der Waals surface area contributed by atoms with Gasteiger partial charge < -0.3 is 25.0 Å². The van der Waals surface area contributed by atoms with Crippen LogP contribution in [0.3, 0.4) is 0 Å². The summed E-state index contributed by atoms with van der Waals surface area (Å²) in [5.74, 6) is -15.9. The second-order valence-electron chi connectivity index (χ2n) is 8.63. The topological polar surface area (TPSA) is 105 Å². The number of phenolic OH excluding ortho intramolecular Hbond substituents is 2. The molecule has 4 aromatic carbocycles. The van der Waals surface area contributed by atoms with Crippen molar-refractivity contribution in [1.29, 1.82) is 0 Å². The molecular formula is C27H12F5NO6. The van der Waals surface area contributed by atoms with Gasteiger partial charge in [0.1, 0.15) is 28.5 Å². The number of carbonyl (C=O) groups excluding carboxylic acids is 2. The molecule has 0 saturated heterocycles. The third-order valence-electron chi connectivity index (χ3n) is 6.52. The van der Waals surface area contributed by atoms with E-state index in [0.29, 0.717) is 5.56 Å². The van der Waals surface area contributed by atoms with Crippen molar-refractivity contribution in [3.05, 3.63) is 112 Å². The van der Waals surface area contributed by atoms with Crippen LogP contribution < -0.4 is 10.1 Å². The molecule has 2 heterocycles. The minimum absolute atomic E-state index is 0.0458. The molecule has 0 bridgehead atoms. The van der Waals surface area contributed by atoms with Gasteiger partial charge in [-0.3, -0.25) is 4.79 Å². The Hall–Kier alpha value is -5.13. The molecule has 2 aliphatic heterocycles. The lowest BCUT2D eigenvalue weighted by atomic mass is 9.77. The number of aromatic hydroxyl groups is 2. The van der Waals surface area contributed by atoms with Crippen molar-refractivity contribution in [2.45, 2.75) is 5.60 Å². The van der Waals surface area contributed by atoms with Gasteiger partial charge in [-0.25, -0.2) is 26.7 Å². The Balaban J connectivity index is 1.58. The van der Waals surface area contributed by atoms with Gasteiger partial charge in [0.05, 0.1) is 11.1 Å². The van der Waals surface area contributed by atoms with Gasteiger partial charge in [0.2, 0.25) is 5.82 Å². The first kappa shape index (κ1) is 24.2. The fraction of sp³-hybridized carbons (Fsp3) is 0.0370. The van der Waals surface area contributed by atoms with E-state index < -0.39 is 63.6 Å². The van der Waals surface area contributed by atoms with Crippen LogP contribution in [0.25, 0.3) is 0 Å². The van der Waals surface area contributed by atoms with Crippen molar-refractivity contribution in [2.24, 2.45) is 0 Å². The SMILES string of the molecule is O=C1OC2(c3ccc(O)cc3Oc3c2ccc(O)c3NC(=O)c2c(F)c(F)c(F)c(F)c2F)c2ccccc21. The van der Waals surface area contributed by atoms with Crippen molar-refractivity contribution < 1.29 is 51.2 Å². The molecule has 6 rings (SSSR count). The Kier molecular flexibility index (Phi) is 5.08. The number of fused-ring (bicyclic) bond motifs is 6. The first-order valence-electron chi connectivity index (χ1n) is 11.1. The lowest BCUT2D eigenvalue weighted by molar-refractivity contribution is 0.0224. The van der Waals surface area contributed by atoms with Gasteiger partial charge in [-0.2, -0.15) is 0 Å². The van der Waals surface area contributed by atoms with Crippen LogP contribution >= 0.6 is 0 Å². The van der Waals surface area contributed by atoms with Crippen LogP contribution in [0, 0.1) is 29.1 Å². The summed E-state index contributed by atoms with van der Waals surface area (Å²) in [6, 6.07) is 12.6. The zero-order chi connectivity index (χ0) is 27.8. The lowest BCUT2D eigenvalue weighted by Crippen LogP contribution is -2.33. The van der Waals surface area contributed by atoms with Gasteiger partial charge in [0.25, 0.3) is 5.91 Å². The van der Waals surface area contributed by atoms with E-state index in [2.05, 4.69) is 0 Å². The quantitative estimate of drug-likeness (QED) is 0.100. The highest BCUT2D eigenvalue weighted by Crippen LogP contribution is 2.59. The number of halogens is 5. The molecule has 1 amide bonds. The van der Waals surface area contributed by atoms with E-state index in [-0.39, 0.29) is 33.9 Å². The summed E-state index contributed by atoms with van der Waals surface area (Å²) >= 11 is 0. The lowest BCUT2D eigenvalue weighted by Gasteiger charge is -2.37. The largest absolute Gasteiger partial charge is 0.508 e. The molecule has 0 fully saturated rings. The summed E-state index contributed by atoms with van der Waals surface area (Å²) in [4.78, 5) is 25.7. The van der Waals surface area contributed by atoms with Gasteiger partial charge in [-0.1, -0.05) is 18.2 Å². The number of benzene rings is 4. The van der Waals surface area contributed by atoms with Crippen molar-refractivity contribution in [2.75, 3.05) is 5.32 Å². The zero-order valence-electron chi connectivity index (χ0n) is 19.1. The third kappa shape index (κ3) is 3.20. The van der Waals surface area contributed by atoms with Gasteiger partial charge in [0, 0.05) is 17.2 Å². The van der Waals surface area contributed by atoms with Crippen LogP contribution in [0.4, 0.5) is 27.6 Å². The summed E-state index contributed by atoms with van der Waals surface area (Å²) in [5.41, 5.74) is -3.32. The van der Waals surface area contributed by atoms with E-state index in [4.69, 9.17) is 9.47 Å². The monoisotopic (exact) mass is 541 g/mol. The first-order valence-corrected chi connectivity index (χ1v) is 11.1. The molecule has 0 saturated carbocycles. The average Bonchev–Trinajstić information content (AvgIpc) is 3.20. The van der Waals surface area contributed by atoms with Crippen molar-refractivity contribution >= 4 is 17.6 Å². The number of nitrogens with one attached hydrogen (secondary N) is 1. The Labute approximate surface area is 214 Å². The Morgan fingerprint density at radius 2 is 1.44 bits per heavy atom. The van der Waals surface area contributed by atoms with Crippen LogP contribution in [-0.4, -0.2) is 22.1 Å². The predicted octanol–water partition coefficient (Wildman–Crippen LogP) is 5.61. The first-order chi connectivity index (χ1) is 18.6. The van der Waals surface area contributed by atoms with Crippen LogP contribution in [0.15, 0.2) is 54.6 Å². The molecule has 39 heavy (non-hydrogen) atoms. The molecule has 1 spiro atoms. The van der Waals surface area contributed by atoms with Gasteiger partial charge >= 0.3 is 5.97 Å². The maximum atomic E-state index is 14.3. The minimum Gasteiger partial charge on any atom is -0.508 e. The number of hydrogen-bond donors (Lipinski definition) is 3. The maximum absolute atomic E-state index is 14.3. The van der Waals surface area contributed by atoms with Crippen LogP contribution in [-0.2, 0) is 10.3 Å². The smallest absolute Gasteiger partial charge is 0.340 e. The van der Waals surface area contributed by atoms with E-state index in [1.54, 1.807) is 18.2 Å². The van der Waals surface area contributed by atoms with Gasteiger partial charge in [0.15, 0.2) is 34.6 Å². The summed E-state index contributed by atoms with van der Waals surface area (Å²) in [5, 5.41) is 22.6. The van der Waals surface area contributed by atoms with E-state index in [9.17, 15) is 41.8 Å². The number of hydrogen-bond acceptors (Lipinski definition) is 6. The summed E-state index contributed by atoms with van der Waals surface area (Å²) < 4.78 is 81.4. The molecule has 2 aliphatic rings. The Morgan fingerprint density at radius 3 is 2.15 bits per heavy atom. The highest BCUT2D eigenvalue weighted by Gasteiger charge is 2.54. The molecule has 0 radical (unpaired) electrons. The molecule has 7 nitrogen and oxygen atoms in total. The predicted molar refractivity (Wildman–Crippen MR) is 122 cm³/mol. The molecule has 1 atom stereocenters. The number of carbonyl (C=O) groups is 2. The highest BCUT2D eigenvalue weighted by atomic mass is 19.2. The Morgan fingerprint density at radius 1 is 0.795 bits per heavy atom. The van der Waals surface area contributed by atoms with Crippen LogP contribution in [0.2, 0.25) is 0 Å². The normalized spacial score (nSPS) is 16.7. The summed E-state index contributed by atoms with van der Waals surface area (Å²) in [6.45, 7) is 0. The van der Waals surface area contributed by atoms with E-state index in [1.807, 2.05) is 5.32 Å². The minimum atomic E-state index is -2.45. The maximum Gasteiger partial charge on any atom is 0.340 e. The van der Waals surface area contributed by atoms with Crippen LogP contribution in [0.1, 0.15) is 37.4 Å². The third-order valence-corrected chi connectivity index (χ3v) is 6.52. The van der Waals surface area contributed by atoms with Crippen LogP contribution in [0.5, 0.6) is 23.0 Å². The summed E-state index contributed by atoms with van der Waals surface area (Å²) in [7, 11) is 0. The fourth-order valence-electron chi connectivity index (χ4n) is 4.82. The van der Waals surface area contributed by atoms with E-state index >= 15 is 0 Å². The fourth-order valence-corrected chi connectivity index (χ4v) is 4.82. The molecule has 12 heteroatoms. The average molecular weight is 541 g/mol. The summed E-state index contributed by atoms with van der Waals surface area (Å²) in [6.07, 6.45) is 0. The standard InChI is InChI=1S/C27H12F5NO6/c28-18-17(19(29)21(31)22(32)20(18)30)25(36)33-23-15(35)8-7-14-24(23)38-16-9-10(34)5-6-13(16)27(14)12-4-2-1-3-11(12)26(37)39-27/h1-9,34-35H,(H,33,36). The number of ether oxygens (including phenoxy) is 2. The van der Waals surface area contributed by atoms with Crippen molar-refractivity contribution in [3.8, 4) is 23.0 Å². The molecule has 0 aliphatic carbocycles. The molecule has 196 valence electrons. The molecule has 0 aromatic heterocycles. The van der Waals surface area contributed by atoms with Crippen molar-refractivity contribution in [1.82, 2.24) is 0 Å². The second-order valence-corrected chi connectivity index (χ2v) is 8.63. The molecule has 3 N–H and O–H groups in total. The molecular weight excluding hydrogens is 529 g/mol. The second kappa shape index (κ2) is 8.18.